The molecule has 0 bridgehead atoms. The Morgan fingerprint density at radius 3 is 3.00 bits per heavy atom. The fourth-order valence-electron chi connectivity index (χ4n) is 2.16. The molecule has 1 aliphatic rings. The third-order valence-corrected chi connectivity index (χ3v) is 3.42. The second-order valence-electron chi connectivity index (χ2n) is 4.57. The number of hydrogen-bond acceptors (Lipinski definition) is 3. The number of carbonyl (C=O) groups is 1. The van der Waals surface area contributed by atoms with Crippen molar-refractivity contribution in [3.05, 3.63) is 23.2 Å². The molecule has 1 aromatic rings. The van der Waals surface area contributed by atoms with Crippen LogP contribution in [0.1, 0.15) is 26.2 Å². The van der Waals surface area contributed by atoms with Gasteiger partial charge < -0.3 is 15.4 Å². The van der Waals surface area contributed by atoms with Crippen LogP contribution in [0.2, 0.25) is 5.02 Å². The van der Waals surface area contributed by atoms with Crippen LogP contribution in [0.5, 0.6) is 5.75 Å². The second kappa shape index (κ2) is 6.78. The Labute approximate surface area is 118 Å². The number of carbonyl (C=O) groups excluding carboxylic acids is 1. The summed E-state index contributed by atoms with van der Waals surface area (Å²) in [5, 5.41) is 6.61. The van der Waals surface area contributed by atoms with Gasteiger partial charge in [0.05, 0.1) is 17.7 Å². The molecule has 4 nitrogen and oxygen atoms in total. The van der Waals surface area contributed by atoms with E-state index in [1.54, 1.807) is 18.2 Å². The minimum absolute atomic E-state index is 0.0000680. The number of anilines is 1. The fraction of sp³-hybridized carbons (Fsp3) is 0.500. The number of piperidine rings is 1. The lowest BCUT2D eigenvalue weighted by Crippen LogP contribution is -2.43. The lowest BCUT2D eigenvalue weighted by molar-refractivity contribution is -0.118. The van der Waals surface area contributed by atoms with E-state index in [2.05, 4.69) is 10.6 Å². The van der Waals surface area contributed by atoms with Gasteiger partial charge in [0.15, 0.2) is 0 Å². The maximum atomic E-state index is 12.0. The normalized spacial score (nSPS) is 18.9. The fourth-order valence-corrected chi connectivity index (χ4v) is 2.39. The molecule has 1 saturated heterocycles. The molecule has 19 heavy (non-hydrogen) atoms. The molecule has 0 saturated carbocycles. The summed E-state index contributed by atoms with van der Waals surface area (Å²) in [5.41, 5.74) is 0.700. The highest BCUT2D eigenvalue weighted by atomic mass is 35.5. The number of halogens is 1. The van der Waals surface area contributed by atoms with Gasteiger partial charge in [0.25, 0.3) is 0 Å². The second-order valence-corrected chi connectivity index (χ2v) is 4.98. The number of rotatable bonds is 4. The summed E-state index contributed by atoms with van der Waals surface area (Å²) in [6, 6.07) is 5.19. The van der Waals surface area contributed by atoms with Crippen molar-refractivity contribution in [1.29, 1.82) is 0 Å². The summed E-state index contributed by atoms with van der Waals surface area (Å²) >= 11 is 6.09. The van der Waals surface area contributed by atoms with E-state index in [-0.39, 0.29) is 11.9 Å². The van der Waals surface area contributed by atoms with Gasteiger partial charge >= 0.3 is 0 Å². The zero-order valence-corrected chi connectivity index (χ0v) is 11.8. The zero-order valence-electron chi connectivity index (χ0n) is 11.0. The number of amides is 1. The van der Waals surface area contributed by atoms with E-state index in [9.17, 15) is 4.79 Å². The predicted octanol–water partition coefficient (Wildman–Crippen LogP) is 2.82. The molecule has 104 valence electrons. The van der Waals surface area contributed by atoms with Gasteiger partial charge in [-0.3, -0.25) is 4.79 Å². The first-order valence-electron chi connectivity index (χ1n) is 6.67. The first kappa shape index (κ1) is 14.2. The third kappa shape index (κ3) is 3.85. The average molecular weight is 283 g/mol. The van der Waals surface area contributed by atoms with Gasteiger partial charge in [-0.15, -0.1) is 0 Å². The van der Waals surface area contributed by atoms with Crippen molar-refractivity contribution in [1.82, 2.24) is 5.32 Å². The molecule has 1 atom stereocenters. The Morgan fingerprint density at radius 2 is 2.37 bits per heavy atom. The first-order valence-corrected chi connectivity index (χ1v) is 7.05. The standard InChI is InChI=1S/C14H19ClN2O2/c1-2-19-13-7-6-10(9-11(13)15)17-14(18)12-5-3-4-8-16-12/h6-7,9,12,16H,2-5,8H2,1H3,(H,17,18). The molecule has 2 rings (SSSR count). The number of hydrogen-bond donors (Lipinski definition) is 2. The number of benzene rings is 1. The van der Waals surface area contributed by atoms with Gasteiger partial charge in [0.2, 0.25) is 5.91 Å². The summed E-state index contributed by atoms with van der Waals surface area (Å²) in [6.45, 7) is 3.38. The van der Waals surface area contributed by atoms with E-state index in [0.717, 1.165) is 25.8 Å². The maximum Gasteiger partial charge on any atom is 0.241 e. The Kier molecular flexibility index (Phi) is 5.05. The van der Waals surface area contributed by atoms with Crippen molar-refractivity contribution in [2.75, 3.05) is 18.5 Å². The van der Waals surface area contributed by atoms with E-state index in [4.69, 9.17) is 16.3 Å². The highest BCUT2D eigenvalue weighted by Gasteiger charge is 2.20. The van der Waals surface area contributed by atoms with E-state index in [1.807, 2.05) is 6.92 Å². The Balaban J connectivity index is 1.98. The van der Waals surface area contributed by atoms with Crippen LogP contribution in [-0.2, 0) is 4.79 Å². The van der Waals surface area contributed by atoms with Crippen molar-refractivity contribution in [2.24, 2.45) is 0 Å². The SMILES string of the molecule is CCOc1ccc(NC(=O)C2CCCCN2)cc1Cl. The summed E-state index contributed by atoms with van der Waals surface area (Å²) in [4.78, 5) is 12.0. The van der Waals surface area contributed by atoms with Crippen molar-refractivity contribution < 1.29 is 9.53 Å². The highest BCUT2D eigenvalue weighted by Crippen LogP contribution is 2.27. The van der Waals surface area contributed by atoms with E-state index < -0.39 is 0 Å². The van der Waals surface area contributed by atoms with Gasteiger partial charge in [-0.05, 0) is 44.5 Å². The summed E-state index contributed by atoms with van der Waals surface area (Å²) in [6.07, 6.45) is 3.12. The zero-order chi connectivity index (χ0) is 13.7. The molecule has 1 aliphatic heterocycles. The van der Waals surface area contributed by atoms with E-state index >= 15 is 0 Å². The molecule has 0 spiro atoms. The molecule has 1 unspecified atom stereocenters. The largest absolute Gasteiger partial charge is 0.492 e. The molecule has 1 amide bonds. The molecule has 0 radical (unpaired) electrons. The topological polar surface area (TPSA) is 50.4 Å². The predicted molar refractivity (Wildman–Crippen MR) is 76.9 cm³/mol. The molecule has 0 aliphatic carbocycles. The summed E-state index contributed by atoms with van der Waals surface area (Å²) in [7, 11) is 0. The lowest BCUT2D eigenvalue weighted by Gasteiger charge is -2.22. The van der Waals surface area contributed by atoms with Crippen LogP contribution in [-0.4, -0.2) is 25.1 Å². The monoisotopic (exact) mass is 282 g/mol. The summed E-state index contributed by atoms with van der Waals surface area (Å²) in [5.74, 6) is 0.637. The number of ether oxygens (including phenoxy) is 1. The van der Waals surface area contributed by atoms with Gasteiger partial charge in [-0.1, -0.05) is 18.0 Å². The van der Waals surface area contributed by atoms with Gasteiger partial charge in [-0.25, -0.2) is 0 Å². The Bertz CT molecular complexity index is 445. The Morgan fingerprint density at radius 1 is 1.53 bits per heavy atom. The first-order chi connectivity index (χ1) is 9.20. The van der Waals surface area contributed by atoms with Crippen LogP contribution in [0.15, 0.2) is 18.2 Å². The van der Waals surface area contributed by atoms with E-state index in [1.165, 1.54) is 0 Å². The van der Waals surface area contributed by atoms with E-state index in [0.29, 0.717) is 23.1 Å². The van der Waals surface area contributed by atoms with Crippen LogP contribution in [0.3, 0.4) is 0 Å². The van der Waals surface area contributed by atoms with Crippen LogP contribution in [0, 0.1) is 0 Å². The molecule has 1 fully saturated rings. The van der Waals surface area contributed by atoms with Crippen molar-refractivity contribution in [3.8, 4) is 5.75 Å². The van der Waals surface area contributed by atoms with Gasteiger partial charge in [0, 0.05) is 5.69 Å². The molecular formula is C14H19ClN2O2. The minimum Gasteiger partial charge on any atom is -0.492 e. The van der Waals surface area contributed by atoms with Crippen LogP contribution in [0.4, 0.5) is 5.69 Å². The third-order valence-electron chi connectivity index (χ3n) is 3.13. The maximum absolute atomic E-state index is 12.0. The number of nitrogens with one attached hydrogen (secondary N) is 2. The van der Waals surface area contributed by atoms with Gasteiger partial charge in [0.1, 0.15) is 5.75 Å². The quantitative estimate of drug-likeness (QED) is 0.893. The molecule has 1 aromatic carbocycles. The lowest BCUT2D eigenvalue weighted by atomic mass is 10.0. The summed E-state index contributed by atoms with van der Waals surface area (Å²) < 4.78 is 5.36. The van der Waals surface area contributed by atoms with Crippen molar-refractivity contribution in [2.45, 2.75) is 32.2 Å². The van der Waals surface area contributed by atoms with Gasteiger partial charge in [-0.2, -0.15) is 0 Å². The molecule has 5 heteroatoms. The smallest absolute Gasteiger partial charge is 0.241 e. The average Bonchev–Trinajstić information content (AvgIpc) is 2.43. The molecule has 2 N–H and O–H groups in total. The van der Waals surface area contributed by atoms with Crippen molar-refractivity contribution in [3.63, 3.8) is 0 Å². The van der Waals surface area contributed by atoms with Crippen LogP contribution in [0.25, 0.3) is 0 Å². The molecule has 1 heterocycles. The highest BCUT2D eigenvalue weighted by molar-refractivity contribution is 6.32. The molecular weight excluding hydrogens is 264 g/mol. The Hall–Kier alpha value is -1.26. The minimum atomic E-state index is -0.0981. The van der Waals surface area contributed by atoms with Crippen LogP contribution < -0.4 is 15.4 Å². The molecule has 0 aromatic heterocycles. The van der Waals surface area contributed by atoms with Crippen molar-refractivity contribution >= 4 is 23.2 Å². The van der Waals surface area contributed by atoms with Crippen LogP contribution >= 0.6 is 11.6 Å².